The maximum absolute atomic E-state index is 13.3. The van der Waals surface area contributed by atoms with E-state index in [1.165, 1.54) is 57.8 Å². The average Bonchev–Trinajstić information content (AvgIpc) is 3.00. The van der Waals surface area contributed by atoms with E-state index in [0.29, 0.717) is 28.9 Å². The molecule has 0 saturated carbocycles. The Labute approximate surface area is 255 Å². The Bertz CT molecular complexity index is 1020. The normalized spacial score (nSPS) is 10.8. The second-order valence-corrected chi connectivity index (χ2v) is 11.4. The molecule has 0 aromatic heterocycles. The number of hydrogen-bond acceptors (Lipinski definition) is 3. The SMILES string of the molecule is CCCCCCCCCC(=O)Nc1ccc(C(=O)Nc2ccc(C(=O)N(CCCCCC)CCCCCC)cc2)cc1. The van der Waals surface area contributed by atoms with Gasteiger partial charge < -0.3 is 15.5 Å². The van der Waals surface area contributed by atoms with Crippen LogP contribution in [0, 0.1) is 0 Å². The molecule has 0 fully saturated rings. The van der Waals surface area contributed by atoms with Gasteiger partial charge in [-0.3, -0.25) is 14.4 Å². The molecule has 0 radical (unpaired) electrons. The van der Waals surface area contributed by atoms with E-state index in [9.17, 15) is 14.4 Å². The molecule has 42 heavy (non-hydrogen) atoms. The van der Waals surface area contributed by atoms with Gasteiger partial charge in [-0.2, -0.15) is 0 Å². The molecule has 2 aromatic carbocycles. The summed E-state index contributed by atoms with van der Waals surface area (Å²) in [5, 5.41) is 5.84. The van der Waals surface area contributed by atoms with Crippen LogP contribution in [0.4, 0.5) is 11.4 Å². The van der Waals surface area contributed by atoms with Gasteiger partial charge in [0.15, 0.2) is 0 Å². The Morgan fingerprint density at radius 3 is 1.48 bits per heavy atom. The fourth-order valence-electron chi connectivity index (χ4n) is 5.03. The van der Waals surface area contributed by atoms with Gasteiger partial charge in [0.05, 0.1) is 0 Å². The monoisotopic (exact) mass is 577 g/mol. The number of hydrogen-bond donors (Lipinski definition) is 2. The summed E-state index contributed by atoms with van der Waals surface area (Å²) >= 11 is 0. The van der Waals surface area contributed by atoms with Crippen LogP contribution in [0.2, 0.25) is 0 Å². The van der Waals surface area contributed by atoms with Crippen LogP contribution in [0.3, 0.4) is 0 Å². The molecule has 2 rings (SSSR count). The molecular weight excluding hydrogens is 522 g/mol. The number of rotatable bonds is 22. The van der Waals surface area contributed by atoms with Crippen LogP contribution < -0.4 is 10.6 Å². The zero-order valence-corrected chi connectivity index (χ0v) is 26.5. The smallest absolute Gasteiger partial charge is 0.255 e. The van der Waals surface area contributed by atoms with Crippen LogP contribution in [0.5, 0.6) is 0 Å². The lowest BCUT2D eigenvalue weighted by Crippen LogP contribution is -2.33. The van der Waals surface area contributed by atoms with Crippen molar-refractivity contribution in [2.24, 2.45) is 0 Å². The number of nitrogens with zero attached hydrogens (tertiary/aromatic N) is 1. The van der Waals surface area contributed by atoms with E-state index in [0.717, 1.165) is 51.6 Å². The summed E-state index contributed by atoms with van der Waals surface area (Å²) in [4.78, 5) is 40.3. The van der Waals surface area contributed by atoms with Crippen molar-refractivity contribution in [3.05, 3.63) is 59.7 Å². The van der Waals surface area contributed by atoms with Gasteiger partial charge in [0.25, 0.3) is 11.8 Å². The number of anilines is 2. The van der Waals surface area contributed by atoms with Gasteiger partial charge in [-0.25, -0.2) is 0 Å². The molecule has 3 amide bonds. The first-order valence-electron chi connectivity index (χ1n) is 16.6. The zero-order chi connectivity index (χ0) is 30.4. The highest BCUT2D eigenvalue weighted by atomic mass is 16.2. The molecule has 0 heterocycles. The minimum atomic E-state index is -0.233. The third-order valence-electron chi connectivity index (χ3n) is 7.68. The quantitative estimate of drug-likeness (QED) is 0.137. The summed E-state index contributed by atoms with van der Waals surface area (Å²) < 4.78 is 0. The predicted molar refractivity (Wildman–Crippen MR) is 176 cm³/mol. The first-order chi connectivity index (χ1) is 20.5. The van der Waals surface area contributed by atoms with E-state index in [-0.39, 0.29) is 17.7 Å². The Morgan fingerprint density at radius 1 is 0.524 bits per heavy atom. The lowest BCUT2D eigenvalue weighted by Gasteiger charge is -2.23. The van der Waals surface area contributed by atoms with Gasteiger partial charge in [-0.15, -0.1) is 0 Å². The Balaban J connectivity index is 1.84. The van der Waals surface area contributed by atoms with Gasteiger partial charge in [-0.05, 0) is 67.8 Å². The number of nitrogens with one attached hydrogen (secondary N) is 2. The van der Waals surface area contributed by atoms with Gasteiger partial charge >= 0.3 is 0 Å². The summed E-state index contributed by atoms with van der Waals surface area (Å²) in [5.41, 5.74) is 2.48. The Hall–Kier alpha value is -3.15. The second kappa shape index (κ2) is 21.5. The van der Waals surface area contributed by atoms with Crippen molar-refractivity contribution in [2.45, 2.75) is 124 Å². The summed E-state index contributed by atoms with van der Waals surface area (Å²) in [6.45, 7) is 8.19. The first-order valence-corrected chi connectivity index (χ1v) is 16.6. The largest absolute Gasteiger partial charge is 0.339 e. The van der Waals surface area contributed by atoms with Crippen molar-refractivity contribution in [3.8, 4) is 0 Å². The van der Waals surface area contributed by atoms with Crippen LogP contribution >= 0.6 is 0 Å². The Morgan fingerprint density at radius 2 is 0.952 bits per heavy atom. The molecule has 6 nitrogen and oxygen atoms in total. The maximum atomic E-state index is 13.3. The highest BCUT2D eigenvalue weighted by Gasteiger charge is 2.16. The summed E-state index contributed by atoms with van der Waals surface area (Å²) in [5.74, 6) is -0.162. The minimum Gasteiger partial charge on any atom is -0.339 e. The number of benzene rings is 2. The van der Waals surface area contributed by atoms with Crippen LogP contribution in [0.25, 0.3) is 0 Å². The van der Waals surface area contributed by atoms with Crippen LogP contribution in [-0.2, 0) is 4.79 Å². The number of carbonyl (C=O) groups is 3. The first kappa shape index (κ1) is 35.0. The number of unbranched alkanes of at least 4 members (excludes halogenated alkanes) is 12. The lowest BCUT2D eigenvalue weighted by atomic mass is 10.1. The molecule has 0 aliphatic carbocycles. The molecule has 2 N–H and O–H groups in total. The van der Waals surface area contributed by atoms with Crippen molar-refractivity contribution in [1.82, 2.24) is 4.90 Å². The van der Waals surface area contributed by atoms with Gasteiger partial charge in [0, 0.05) is 42.0 Å². The van der Waals surface area contributed by atoms with Crippen molar-refractivity contribution in [2.75, 3.05) is 23.7 Å². The fraction of sp³-hybridized carbons (Fsp3) is 0.583. The summed E-state index contributed by atoms with van der Waals surface area (Å²) in [6.07, 6.45) is 17.9. The van der Waals surface area contributed by atoms with E-state index >= 15 is 0 Å². The molecule has 0 aliphatic rings. The fourth-order valence-corrected chi connectivity index (χ4v) is 5.03. The molecule has 0 aliphatic heterocycles. The van der Waals surface area contributed by atoms with Crippen molar-refractivity contribution in [3.63, 3.8) is 0 Å². The predicted octanol–water partition coefficient (Wildman–Crippen LogP) is 9.62. The van der Waals surface area contributed by atoms with Gasteiger partial charge in [0.1, 0.15) is 0 Å². The molecule has 0 saturated heterocycles. The highest BCUT2D eigenvalue weighted by molar-refractivity contribution is 6.05. The second-order valence-electron chi connectivity index (χ2n) is 11.4. The van der Waals surface area contributed by atoms with Crippen molar-refractivity contribution in [1.29, 1.82) is 0 Å². The van der Waals surface area contributed by atoms with E-state index < -0.39 is 0 Å². The average molecular weight is 578 g/mol. The minimum absolute atomic E-state index is 0.0101. The van der Waals surface area contributed by atoms with Crippen LogP contribution in [0.15, 0.2) is 48.5 Å². The standard InChI is InChI=1S/C36H55N3O3/c1-4-7-10-13-14-15-16-19-34(40)37-32-24-20-30(21-25-32)35(41)38-33-26-22-31(23-27-33)36(42)39(28-17-11-8-5-2)29-18-12-9-6-3/h20-27H,4-19,28-29H2,1-3H3,(H,37,40)(H,38,41). The highest BCUT2D eigenvalue weighted by Crippen LogP contribution is 2.17. The lowest BCUT2D eigenvalue weighted by molar-refractivity contribution is -0.116. The number of amides is 3. The van der Waals surface area contributed by atoms with Crippen molar-refractivity contribution >= 4 is 29.1 Å². The summed E-state index contributed by atoms with van der Waals surface area (Å²) in [7, 11) is 0. The molecule has 0 atom stereocenters. The van der Waals surface area contributed by atoms with Crippen LogP contribution in [0.1, 0.15) is 144 Å². The number of carbonyl (C=O) groups excluding carboxylic acids is 3. The zero-order valence-electron chi connectivity index (χ0n) is 26.5. The van der Waals surface area contributed by atoms with E-state index in [1.807, 2.05) is 4.90 Å². The molecule has 0 bridgehead atoms. The summed E-state index contributed by atoms with van der Waals surface area (Å²) in [6, 6.07) is 14.1. The van der Waals surface area contributed by atoms with Gasteiger partial charge in [0.2, 0.25) is 5.91 Å². The van der Waals surface area contributed by atoms with Gasteiger partial charge in [-0.1, -0.05) is 97.8 Å². The molecule has 0 spiro atoms. The molecule has 0 unspecified atom stereocenters. The maximum Gasteiger partial charge on any atom is 0.255 e. The molecule has 2 aromatic rings. The topological polar surface area (TPSA) is 78.5 Å². The van der Waals surface area contributed by atoms with Crippen molar-refractivity contribution < 1.29 is 14.4 Å². The molecule has 6 heteroatoms. The van der Waals surface area contributed by atoms with E-state index in [2.05, 4.69) is 31.4 Å². The molecule has 232 valence electrons. The van der Waals surface area contributed by atoms with E-state index in [4.69, 9.17) is 0 Å². The third kappa shape index (κ3) is 14.2. The molecular formula is C36H55N3O3. The van der Waals surface area contributed by atoms with Crippen LogP contribution in [-0.4, -0.2) is 35.7 Å². The Kier molecular flexibility index (Phi) is 18.0. The van der Waals surface area contributed by atoms with E-state index in [1.54, 1.807) is 48.5 Å². The third-order valence-corrected chi connectivity index (χ3v) is 7.68.